The molecule has 0 fully saturated rings. The Hall–Kier alpha value is -4.45. The van der Waals surface area contributed by atoms with Crippen molar-refractivity contribution in [2.45, 2.75) is 13.1 Å². The lowest BCUT2D eigenvalue weighted by Crippen LogP contribution is -2.46. The number of nitrogens with zero attached hydrogens (tertiary/aromatic N) is 4. The van der Waals surface area contributed by atoms with Crippen LogP contribution in [0, 0.1) is 5.41 Å². The molecule has 0 saturated carbocycles. The Morgan fingerprint density at radius 1 is 1.15 bits per heavy atom. The number of hydrogen-bond acceptors (Lipinski definition) is 8. The highest BCUT2D eigenvalue weighted by molar-refractivity contribution is 5.94. The van der Waals surface area contributed by atoms with E-state index in [1.165, 1.54) is 11.1 Å². The summed E-state index contributed by atoms with van der Waals surface area (Å²) >= 11 is 0. The highest BCUT2D eigenvalue weighted by Crippen LogP contribution is 2.09. The van der Waals surface area contributed by atoms with Crippen LogP contribution in [0.3, 0.4) is 0 Å². The minimum Gasteiger partial charge on any atom is -0.399 e. The second-order valence-corrected chi connectivity index (χ2v) is 7.42. The topological polar surface area (TPSA) is 177 Å². The van der Waals surface area contributed by atoms with Crippen LogP contribution in [0.2, 0.25) is 0 Å². The summed E-state index contributed by atoms with van der Waals surface area (Å²) in [4.78, 5) is 38.4. The van der Waals surface area contributed by atoms with Gasteiger partial charge in [0.2, 0.25) is 11.7 Å². The van der Waals surface area contributed by atoms with Crippen LogP contribution in [0.5, 0.6) is 0 Å². The van der Waals surface area contributed by atoms with Crippen LogP contribution in [0.15, 0.2) is 58.1 Å². The third kappa shape index (κ3) is 5.62. The van der Waals surface area contributed by atoms with Crippen molar-refractivity contribution in [1.29, 1.82) is 5.41 Å². The molecule has 0 bridgehead atoms. The summed E-state index contributed by atoms with van der Waals surface area (Å²) in [5, 5.41) is 15.7. The molecule has 0 aliphatic carbocycles. The van der Waals surface area contributed by atoms with Gasteiger partial charge in [0.1, 0.15) is 12.4 Å². The quantitative estimate of drug-likeness (QED) is 0.131. The minimum absolute atomic E-state index is 0.0544. The number of amidine groups is 1. The molecule has 12 heteroatoms. The van der Waals surface area contributed by atoms with Gasteiger partial charge in [-0.15, -0.1) is 5.10 Å². The van der Waals surface area contributed by atoms with Crippen molar-refractivity contribution in [2.24, 2.45) is 5.73 Å². The molecular weight excluding hydrogens is 426 g/mol. The van der Waals surface area contributed by atoms with Gasteiger partial charge in [0.15, 0.2) is 0 Å². The molecule has 172 valence electrons. The second kappa shape index (κ2) is 9.78. The number of anilines is 2. The molecule has 0 aliphatic rings. The lowest BCUT2D eigenvalue weighted by Gasteiger charge is -2.16. The molecule has 3 aromatic rings. The Labute approximate surface area is 188 Å². The lowest BCUT2D eigenvalue weighted by molar-refractivity contribution is -0.121. The normalized spacial score (nSPS) is 10.8. The van der Waals surface area contributed by atoms with Crippen LogP contribution in [-0.4, -0.2) is 45.2 Å². The first kappa shape index (κ1) is 23.2. The Morgan fingerprint density at radius 2 is 1.85 bits per heavy atom. The van der Waals surface area contributed by atoms with Gasteiger partial charge >= 0.3 is 11.2 Å². The maximum absolute atomic E-state index is 13.0. The van der Waals surface area contributed by atoms with E-state index >= 15 is 0 Å². The molecule has 0 radical (unpaired) electrons. The molecule has 0 saturated heterocycles. The Morgan fingerprint density at radius 3 is 2.45 bits per heavy atom. The lowest BCUT2D eigenvalue weighted by atomic mass is 10.1. The van der Waals surface area contributed by atoms with E-state index in [-0.39, 0.29) is 18.2 Å². The first-order valence-corrected chi connectivity index (χ1v) is 9.90. The van der Waals surface area contributed by atoms with Gasteiger partial charge in [-0.25, -0.2) is 14.4 Å². The van der Waals surface area contributed by atoms with Crippen molar-refractivity contribution < 1.29 is 4.79 Å². The highest BCUT2D eigenvalue weighted by Gasteiger charge is 2.17. The molecule has 2 aromatic carbocycles. The smallest absolute Gasteiger partial charge is 0.352 e. The van der Waals surface area contributed by atoms with Crippen LogP contribution in [-0.2, 0) is 17.9 Å². The Kier molecular flexibility index (Phi) is 6.88. The summed E-state index contributed by atoms with van der Waals surface area (Å²) in [6.07, 6.45) is 0. The van der Waals surface area contributed by atoms with E-state index in [0.29, 0.717) is 16.9 Å². The molecule has 1 heterocycles. The summed E-state index contributed by atoms with van der Waals surface area (Å²) < 4.78 is 1.81. The number of nitrogen functional groups attached to an aromatic ring is 2. The average molecular weight is 451 g/mol. The molecule has 1 aromatic heterocycles. The first-order chi connectivity index (χ1) is 15.7. The summed E-state index contributed by atoms with van der Waals surface area (Å²) in [5.41, 5.74) is 14.6. The maximum Gasteiger partial charge on any atom is 0.352 e. The Bertz CT molecular complexity index is 1290. The van der Waals surface area contributed by atoms with Crippen LogP contribution >= 0.6 is 0 Å². The molecule has 0 spiro atoms. The zero-order chi connectivity index (χ0) is 24.1. The summed E-state index contributed by atoms with van der Waals surface area (Å²) in [6, 6.07) is 13.2. The molecule has 33 heavy (non-hydrogen) atoms. The van der Waals surface area contributed by atoms with Crippen LogP contribution in [0.1, 0.15) is 11.1 Å². The average Bonchev–Trinajstić information content (AvgIpc) is 2.77. The molecule has 12 nitrogen and oxygen atoms in total. The molecule has 0 atom stereocenters. The van der Waals surface area contributed by atoms with Crippen molar-refractivity contribution in [3.8, 4) is 5.69 Å². The van der Waals surface area contributed by atoms with Gasteiger partial charge in [-0.2, -0.15) is 4.68 Å². The Balaban J connectivity index is 1.88. The van der Waals surface area contributed by atoms with Gasteiger partial charge in [-0.05, 0) is 23.8 Å². The van der Waals surface area contributed by atoms with Crippen molar-refractivity contribution >= 4 is 23.2 Å². The molecular formula is C21H25N9O3. The number of carbonyl (C=O) groups is 1. The van der Waals surface area contributed by atoms with E-state index in [9.17, 15) is 14.4 Å². The fraction of sp³-hybridized carbons (Fsp3) is 0.190. The number of amides is 1. The third-order valence-electron chi connectivity index (χ3n) is 4.56. The zero-order valence-corrected chi connectivity index (χ0v) is 18.2. The predicted molar refractivity (Wildman–Crippen MR) is 125 cm³/mol. The zero-order valence-electron chi connectivity index (χ0n) is 18.2. The van der Waals surface area contributed by atoms with Gasteiger partial charge in [0, 0.05) is 31.9 Å². The number of hydrazine groups is 1. The van der Waals surface area contributed by atoms with E-state index < -0.39 is 23.7 Å². The number of aromatic nitrogens is 3. The molecule has 3 rings (SSSR count). The summed E-state index contributed by atoms with van der Waals surface area (Å²) in [5.74, 6) is -0.721. The van der Waals surface area contributed by atoms with Crippen molar-refractivity contribution in [3.63, 3.8) is 0 Å². The van der Waals surface area contributed by atoms with Crippen molar-refractivity contribution in [1.82, 2.24) is 24.7 Å². The maximum atomic E-state index is 13.0. The van der Waals surface area contributed by atoms with Crippen molar-refractivity contribution in [3.05, 3.63) is 80.5 Å². The van der Waals surface area contributed by atoms with E-state index in [2.05, 4.69) is 15.8 Å². The van der Waals surface area contributed by atoms with Crippen LogP contribution < -0.4 is 33.5 Å². The van der Waals surface area contributed by atoms with Gasteiger partial charge in [0.05, 0.1) is 5.69 Å². The minimum atomic E-state index is -0.782. The fourth-order valence-electron chi connectivity index (χ4n) is 2.96. The first-order valence-electron chi connectivity index (χ1n) is 9.90. The van der Waals surface area contributed by atoms with Gasteiger partial charge in [0.25, 0.3) is 0 Å². The molecule has 0 unspecified atom stereocenters. The van der Waals surface area contributed by atoms with E-state index in [0.717, 1.165) is 14.8 Å². The summed E-state index contributed by atoms with van der Waals surface area (Å²) in [7, 11) is 3.32. The largest absolute Gasteiger partial charge is 0.399 e. The van der Waals surface area contributed by atoms with Crippen LogP contribution in [0.25, 0.3) is 5.69 Å². The number of carbonyl (C=O) groups excluding carboxylic acids is 1. The second-order valence-electron chi connectivity index (χ2n) is 7.42. The monoisotopic (exact) mass is 451 g/mol. The van der Waals surface area contributed by atoms with Gasteiger partial charge in [-0.1, -0.05) is 30.3 Å². The van der Waals surface area contributed by atoms with Gasteiger partial charge in [-0.3, -0.25) is 20.4 Å². The third-order valence-corrected chi connectivity index (χ3v) is 4.56. The van der Waals surface area contributed by atoms with Crippen LogP contribution in [0.4, 0.5) is 11.5 Å². The molecule has 0 aliphatic heterocycles. The number of rotatable bonds is 8. The summed E-state index contributed by atoms with van der Waals surface area (Å²) in [6.45, 7) is -0.334. The van der Waals surface area contributed by atoms with E-state index in [1.54, 1.807) is 56.6 Å². The molecule has 7 N–H and O–H groups in total. The number of hydrogen-bond donors (Lipinski definition) is 5. The van der Waals surface area contributed by atoms with E-state index in [4.69, 9.17) is 16.9 Å². The fourth-order valence-corrected chi connectivity index (χ4v) is 2.96. The highest BCUT2D eigenvalue weighted by atomic mass is 16.2. The SMILES string of the molecule is CN(C)Nc1nn(-c2cccc(N)c2)c(=O)n(CC(=O)NCc2ccc(C(=N)N)cc2)c1=O. The number of nitrogens with one attached hydrogen (secondary N) is 3. The van der Waals surface area contributed by atoms with Gasteiger partial charge < -0.3 is 16.8 Å². The number of nitrogens with two attached hydrogens (primary N) is 2. The standard InChI is InChI=1S/C21H25N9O3/c1-28(2)26-19-20(32)29(21(33)30(27-19)16-5-3-4-15(22)10-16)12-17(31)25-11-13-6-8-14(9-7-13)18(23)24/h3-10H,11-12,22H2,1-2H3,(H3,23,24)(H,25,31)(H,26,27). The van der Waals surface area contributed by atoms with Crippen molar-refractivity contribution in [2.75, 3.05) is 25.3 Å². The number of benzene rings is 2. The molecule has 1 amide bonds. The predicted octanol–water partition coefficient (Wildman–Crippen LogP) is -0.535. The van der Waals surface area contributed by atoms with E-state index in [1.807, 2.05) is 0 Å².